The molecule has 0 atom stereocenters. The lowest BCUT2D eigenvalue weighted by Gasteiger charge is -2.12. The van der Waals surface area contributed by atoms with Gasteiger partial charge in [-0.25, -0.2) is 4.98 Å². The van der Waals surface area contributed by atoms with Crippen LogP contribution in [-0.4, -0.2) is 21.4 Å². The molecule has 156 valence electrons. The average Bonchev–Trinajstić information content (AvgIpc) is 3.09. The largest absolute Gasteiger partial charge is 0.345 e. The maximum atomic E-state index is 12.8. The minimum Gasteiger partial charge on any atom is -0.345 e. The molecule has 0 aliphatic carbocycles. The monoisotopic (exact) mass is 412 g/mol. The van der Waals surface area contributed by atoms with E-state index >= 15 is 0 Å². The van der Waals surface area contributed by atoms with Crippen molar-refractivity contribution in [1.29, 1.82) is 0 Å². The van der Waals surface area contributed by atoms with Crippen LogP contribution in [0.5, 0.6) is 0 Å². The minimum absolute atomic E-state index is 0.101. The summed E-state index contributed by atoms with van der Waals surface area (Å²) in [7, 11) is 0. The van der Waals surface area contributed by atoms with E-state index in [0.29, 0.717) is 11.4 Å². The third-order valence-electron chi connectivity index (χ3n) is 4.98. The number of nitrogens with zero attached hydrogens (tertiary/aromatic N) is 2. The third kappa shape index (κ3) is 4.80. The molecule has 0 aliphatic rings. The normalized spacial score (nSPS) is 10.8. The first-order chi connectivity index (χ1) is 15.0. The van der Waals surface area contributed by atoms with Crippen molar-refractivity contribution < 1.29 is 9.59 Å². The molecule has 2 amide bonds. The Morgan fingerprint density at radius 3 is 2.32 bits per heavy atom. The quantitative estimate of drug-likeness (QED) is 0.498. The smallest absolute Gasteiger partial charge is 0.251 e. The highest BCUT2D eigenvalue weighted by Gasteiger charge is 2.15. The summed E-state index contributed by atoms with van der Waals surface area (Å²) >= 11 is 0. The summed E-state index contributed by atoms with van der Waals surface area (Å²) in [6.45, 7) is 4.32. The lowest BCUT2D eigenvalue weighted by molar-refractivity contribution is -0.116. The van der Waals surface area contributed by atoms with Gasteiger partial charge in [0.05, 0.1) is 17.6 Å². The van der Waals surface area contributed by atoms with Crippen LogP contribution in [0, 0.1) is 13.8 Å². The van der Waals surface area contributed by atoms with E-state index in [0.717, 1.165) is 27.8 Å². The Morgan fingerprint density at radius 2 is 1.58 bits per heavy atom. The zero-order valence-corrected chi connectivity index (χ0v) is 17.6. The summed E-state index contributed by atoms with van der Waals surface area (Å²) in [5, 5.41) is 5.87. The van der Waals surface area contributed by atoms with Crippen molar-refractivity contribution >= 4 is 28.5 Å². The Labute approximate surface area is 180 Å². The fourth-order valence-electron chi connectivity index (χ4n) is 3.68. The highest BCUT2D eigenvalue weighted by Crippen LogP contribution is 2.18. The van der Waals surface area contributed by atoms with E-state index < -0.39 is 0 Å². The van der Waals surface area contributed by atoms with Gasteiger partial charge in [0.1, 0.15) is 12.4 Å². The van der Waals surface area contributed by atoms with E-state index in [2.05, 4.69) is 21.7 Å². The highest BCUT2D eigenvalue weighted by molar-refractivity contribution is 5.94. The van der Waals surface area contributed by atoms with Crippen molar-refractivity contribution in [3.05, 3.63) is 95.3 Å². The van der Waals surface area contributed by atoms with Gasteiger partial charge in [-0.1, -0.05) is 36.4 Å². The molecule has 0 bridgehead atoms. The molecule has 4 aromatic rings. The molecule has 1 aromatic heterocycles. The SMILES string of the molecule is Cc1cc(C)cc(NC(=O)Cn2c(CNC(=O)c3ccccc3)nc3ccccc32)c1. The van der Waals surface area contributed by atoms with Gasteiger partial charge < -0.3 is 15.2 Å². The van der Waals surface area contributed by atoms with Gasteiger partial charge >= 0.3 is 0 Å². The zero-order chi connectivity index (χ0) is 21.8. The van der Waals surface area contributed by atoms with E-state index in [-0.39, 0.29) is 24.9 Å². The van der Waals surface area contributed by atoms with Gasteiger partial charge in [-0.05, 0) is 61.4 Å². The Kier molecular flexibility index (Phi) is 5.80. The minimum atomic E-state index is -0.182. The lowest BCUT2D eigenvalue weighted by Crippen LogP contribution is -2.26. The van der Waals surface area contributed by atoms with Crippen LogP contribution in [0.2, 0.25) is 0 Å². The average molecular weight is 412 g/mol. The van der Waals surface area contributed by atoms with Crippen LogP contribution in [0.3, 0.4) is 0 Å². The second-order valence-corrected chi connectivity index (χ2v) is 7.58. The summed E-state index contributed by atoms with van der Waals surface area (Å²) < 4.78 is 1.85. The molecule has 4 rings (SSSR count). The van der Waals surface area contributed by atoms with Gasteiger partial charge in [0.15, 0.2) is 0 Å². The summed E-state index contributed by atoms with van der Waals surface area (Å²) in [4.78, 5) is 29.9. The van der Waals surface area contributed by atoms with Crippen molar-refractivity contribution in [1.82, 2.24) is 14.9 Å². The summed E-state index contributed by atoms with van der Waals surface area (Å²) in [6, 6.07) is 22.6. The molecule has 0 saturated carbocycles. The molecule has 3 aromatic carbocycles. The number of rotatable bonds is 6. The van der Waals surface area contributed by atoms with Crippen LogP contribution in [0.15, 0.2) is 72.8 Å². The number of para-hydroxylation sites is 2. The first kappa shape index (κ1) is 20.3. The number of fused-ring (bicyclic) bond motifs is 1. The predicted molar refractivity (Wildman–Crippen MR) is 122 cm³/mol. The highest BCUT2D eigenvalue weighted by atomic mass is 16.2. The van der Waals surface area contributed by atoms with Crippen LogP contribution >= 0.6 is 0 Å². The van der Waals surface area contributed by atoms with Gasteiger partial charge in [-0.3, -0.25) is 9.59 Å². The number of hydrogen-bond donors (Lipinski definition) is 2. The van der Waals surface area contributed by atoms with Crippen molar-refractivity contribution in [2.75, 3.05) is 5.32 Å². The molecule has 0 fully saturated rings. The van der Waals surface area contributed by atoms with Gasteiger partial charge in [-0.2, -0.15) is 0 Å². The predicted octanol–water partition coefficient (Wildman–Crippen LogP) is 4.22. The first-order valence-corrected chi connectivity index (χ1v) is 10.1. The Bertz CT molecular complexity index is 1220. The van der Waals surface area contributed by atoms with Gasteiger partial charge in [0.25, 0.3) is 5.91 Å². The number of carbonyl (C=O) groups is 2. The van der Waals surface area contributed by atoms with E-state index in [1.165, 1.54) is 0 Å². The Hall–Kier alpha value is -3.93. The van der Waals surface area contributed by atoms with Crippen molar-refractivity contribution in [2.24, 2.45) is 0 Å². The van der Waals surface area contributed by atoms with E-state index in [1.807, 2.05) is 73.0 Å². The Balaban J connectivity index is 1.54. The maximum Gasteiger partial charge on any atom is 0.251 e. The number of aromatic nitrogens is 2. The molecule has 6 nitrogen and oxygen atoms in total. The van der Waals surface area contributed by atoms with E-state index in [1.54, 1.807) is 12.1 Å². The van der Waals surface area contributed by atoms with E-state index in [4.69, 9.17) is 0 Å². The van der Waals surface area contributed by atoms with Crippen LogP contribution in [0.4, 0.5) is 5.69 Å². The second-order valence-electron chi connectivity index (χ2n) is 7.58. The van der Waals surface area contributed by atoms with Crippen molar-refractivity contribution in [2.45, 2.75) is 26.9 Å². The molecule has 2 N–H and O–H groups in total. The second kappa shape index (κ2) is 8.83. The summed E-state index contributed by atoms with van der Waals surface area (Å²) in [6.07, 6.45) is 0. The molecule has 0 radical (unpaired) electrons. The summed E-state index contributed by atoms with van der Waals surface area (Å²) in [5.41, 5.74) is 5.16. The molecule has 6 heteroatoms. The fourth-order valence-corrected chi connectivity index (χ4v) is 3.68. The van der Waals surface area contributed by atoms with Crippen LogP contribution in [-0.2, 0) is 17.9 Å². The third-order valence-corrected chi connectivity index (χ3v) is 4.98. The van der Waals surface area contributed by atoms with Crippen LogP contribution < -0.4 is 10.6 Å². The zero-order valence-electron chi connectivity index (χ0n) is 17.6. The number of hydrogen-bond acceptors (Lipinski definition) is 3. The molecule has 0 unspecified atom stereocenters. The number of anilines is 1. The van der Waals surface area contributed by atoms with Gasteiger partial charge in [0.2, 0.25) is 5.91 Å². The fraction of sp³-hybridized carbons (Fsp3) is 0.160. The lowest BCUT2D eigenvalue weighted by atomic mass is 10.1. The molecule has 0 saturated heterocycles. The number of imidazole rings is 1. The number of amides is 2. The first-order valence-electron chi connectivity index (χ1n) is 10.1. The number of benzene rings is 3. The maximum absolute atomic E-state index is 12.8. The molecular formula is C25H24N4O2. The van der Waals surface area contributed by atoms with Crippen LogP contribution in [0.1, 0.15) is 27.3 Å². The topological polar surface area (TPSA) is 76.0 Å². The Morgan fingerprint density at radius 1 is 0.903 bits per heavy atom. The number of carbonyl (C=O) groups excluding carboxylic acids is 2. The molecule has 0 spiro atoms. The van der Waals surface area contributed by atoms with Gasteiger partial charge in [-0.15, -0.1) is 0 Å². The van der Waals surface area contributed by atoms with Crippen molar-refractivity contribution in [3.8, 4) is 0 Å². The molecule has 31 heavy (non-hydrogen) atoms. The number of nitrogens with one attached hydrogen (secondary N) is 2. The summed E-state index contributed by atoms with van der Waals surface area (Å²) in [5.74, 6) is 0.295. The molecule has 0 aliphatic heterocycles. The van der Waals surface area contributed by atoms with Crippen LogP contribution in [0.25, 0.3) is 11.0 Å². The molecule has 1 heterocycles. The van der Waals surface area contributed by atoms with Gasteiger partial charge in [0, 0.05) is 11.3 Å². The van der Waals surface area contributed by atoms with Crippen molar-refractivity contribution in [3.63, 3.8) is 0 Å². The standard InChI is InChI=1S/C25H24N4O2/c1-17-12-18(2)14-20(13-17)27-24(30)16-29-22-11-7-6-10-21(22)28-23(29)15-26-25(31)19-8-4-3-5-9-19/h3-14H,15-16H2,1-2H3,(H,26,31)(H,27,30). The number of aryl methyl sites for hydroxylation is 2. The molecular weight excluding hydrogens is 388 g/mol. The van der Waals surface area contributed by atoms with E-state index in [9.17, 15) is 9.59 Å².